The van der Waals surface area contributed by atoms with Crippen molar-refractivity contribution >= 4 is 17.0 Å². The molecule has 0 saturated carbocycles. The number of rotatable bonds is 2. The van der Waals surface area contributed by atoms with Crippen LogP contribution in [0.25, 0.3) is 11.0 Å². The molecule has 0 bridgehead atoms. The highest BCUT2D eigenvalue weighted by atomic mass is 15.2. The molecule has 0 aliphatic rings. The largest absolute Gasteiger partial charge is 0.369 e. The van der Waals surface area contributed by atoms with Crippen molar-refractivity contribution in [2.24, 2.45) is 5.92 Å². The number of hydrogen-bond acceptors (Lipinski definition) is 2. The van der Waals surface area contributed by atoms with E-state index in [4.69, 9.17) is 5.73 Å². The maximum atomic E-state index is 5.97. The van der Waals surface area contributed by atoms with Crippen LogP contribution in [0.5, 0.6) is 0 Å². The Morgan fingerprint density at radius 3 is 2.62 bits per heavy atom. The van der Waals surface area contributed by atoms with E-state index >= 15 is 0 Å². The van der Waals surface area contributed by atoms with Gasteiger partial charge in [-0.05, 0) is 37.0 Å². The molecule has 2 N–H and O–H groups in total. The lowest BCUT2D eigenvalue weighted by molar-refractivity contribution is 0.538. The first-order valence-electron chi connectivity index (χ1n) is 5.72. The van der Waals surface area contributed by atoms with Crippen molar-refractivity contribution in [3.63, 3.8) is 0 Å². The average Bonchev–Trinajstić information content (AvgIpc) is 2.45. The van der Waals surface area contributed by atoms with Gasteiger partial charge < -0.3 is 10.3 Å². The number of nitrogens with zero attached hydrogens (tertiary/aromatic N) is 2. The Hall–Kier alpha value is -1.51. The smallest absolute Gasteiger partial charge is 0.201 e. The Labute approximate surface area is 96.3 Å². The molecule has 86 valence electrons. The molecule has 0 amide bonds. The lowest BCUT2D eigenvalue weighted by atomic mass is 10.1. The quantitative estimate of drug-likeness (QED) is 0.840. The molecule has 3 nitrogen and oxygen atoms in total. The summed E-state index contributed by atoms with van der Waals surface area (Å²) in [7, 11) is 0. The second kappa shape index (κ2) is 3.81. The van der Waals surface area contributed by atoms with E-state index in [-0.39, 0.29) is 0 Å². The summed E-state index contributed by atoms with van der Waals surface area (Å²) in [6.07, 6.45) is 0. The van der Waals surface area contributed by atoms with E-state index in [1.165, 1.54) is 11.1 Å². The summed E-state index contributed by atoms with van der Waals surface area (Å²) in [6.45, 7) is 9.49. The second-order valence-corrected chi connectivity index (χ2v) is 4.92. The highest BCUT2D eigenvalue weighted by Gasteiger charge is 2.11. The summed E-state index contributed by atoms with van der Waals surface area (Å²) in [4.78, 5) is 4.45. The molecule has 0 unspecified atom stereocenters. The van der Waals surface area contributed by atoms with Gasteiger partial charge in [-0.25, -0.2) is 4.98 Å². The summed E-state index contributed by atoms with van der Waals surface area (Å²) in [5.74, 6) is 1.19. The van der Waals surface area contributed by atoms with Gasteiger partial charge in [0.15, 0.2) is 0 Å². The lowest BCUT2D eigenvalue weighted by Gasteiger charge is -2.09. The minimum absolute atomic E-state index is 0.570. The number of fused-ring (bicyclic) bond motifs is 1. The van der Waals surface area contributed by atoms with Gasteiger partial charge in [0.05, 0.1) is 11.0 Å². The average molecular weight is 217 g/mol. The normalized spacial score (nSPS) is 11.6. The predicted octanol–water partition coefficient (Wildman–Crippen LogP) is 2.89. The van der Waals surface area contributed by atoms with Crippen molar-refractivity contribution in [2.45, 2.75) is 34.2 Å². The summed E-state index contributed by atoms with van der Waals surface area (Å²) >= 11 is 0. The van der Waals surface area contributed by atoms with E-state index in [1.54, 1.807) is 0 Å². The summed E-state index contributed by atoms with van der Waals surface area (Å²) in [6, 6.07) is 4.31. The van der Waals surface area contributed by atoms with E-state index in [0.29, 0.717) is 11.9 Å². The minimum Gasteiger partial charge on any atom is -0.369 e. The van der Waals surface area contributed by atoms with Crippen molar-refractivity contribution in [1.82, 2.24) is 9.55 Å². The van der Waals surface area contributed by atoms with Crippen LogP contribution in [0, 0.1) is 19.8 Å². The zero-order valence-electron chi connectivity index (χ0n) is 10.4. The Bertz CT molecular complexity index is 523. The minimum atomic E-state index is 0.570. The van der Waals surface area contributed by atoms with Gasteiger partial charge in [-0.3, -0.25) is 0 Å². The van der Waals surface area contributed by atoms with Crippen molar-refractivity contribution in [2.75, 3.05) is 5.73 Å². The SMILES string of the molecule is Cc1cc(C)c2nc(N)n(CC(C)C)c2c1. The first-order valence-corrected chi connectivity index (χ1v) is 5.72. The lowest BCUT2D eigenvalue weighted by Crippen LogP contribution is -2.07. The molecule has 0 saturated heterocycles. The van der Waals surface area contributed by atoms with Crippen LogP contribution in [0.15, 0.2) is 12.1 Å². The number of anilines is 1. The molecule has 1 aromatic heterocycles. The molecule has 3 heteroatoms. The van der Waals surface area contributed by atoms with Crippen LogP contribution >= 0.6 is 0 Å². The molecule has 0 aliphatic heterocycles. The van der Waals surface area contributed by atoms with Gasteiger partial charge in [0, 0.05) is 6.54 Å². The number of nitrogen functional groups attached to an aromatic ring is 1. The topological polar surface area (TPSA) is 43.8 Å². The van der Waals surface area contributed by atoms with E-state index in [2.05, 4.69) is 49.4 Å². The highest BCUT2D eigenvalue weighted by Crippen LogP contribution is 2.23. The van der Waals surface area contributed by atoms with E-state index in [9.17, 15) is 0 Å². The Balaban J connectivity index is 2.68. The number of aryl methyl sites for hydroxylation is 2. The van der Waals surface area contributed by atoms with E-state index in [1.807, 2.05) is 0 Å². The molecule has 0 fully saturated rings. The van der Waals surface area contributed by atoms with Gasteiger partial charge in [0.25, 0.3) is 0 Å². The number of nitrogens with two attached hydrogens (primary N) is 1. The fourth-order valence-corrected chi connectivity index (χ4v) is 2.14. The Kier molecular flexibility index (Phi) is 2.62. The number of aromatic nitrogens is 2. The van der Waals surface area contributed by atoms with Gasteiger partial charge in [0.2, 0.25) is 5.95 Å². The summed E-state index contributed by atoms with van der Waals surface area (Å²) < 4.78 is 2.11. The van der Waals surface area contributed by atoms with Crippen LogP contribution in [0.2, 0.25) is 0 Å². The third kappa shape index (κ3) is 1.77. The van der Waals surface area contributed by atoms with Crippen LogP contribution in [-0.2, 0) is 6.54 Å². The Morgan fingerprint density at radius 2 is 2.00 bits per heavy atom. The van der Waals surface area contributed by atoms with Crippen LogP contribution in [0.3, 0.4) is 0 Å². The van der Waals surface area contributed by atoms with Crippen molar-refractivity contribution < 1.29 is 0 Å². The molecule has 0 radical (unpaired) electrons. The molecule has 0 atom stereocenters. The molecular weight excluding hydrogens is 198 g/mol. The Morgan fingerprint density at radius 1 is 1.31 bits per heavy atom. The summed E-state index contributed by atoms with van der Waals surface area (Å²) in [5.41, 5.74) is 10.6. The first kappa shape index (κ1) is 11.0. The van der Waals surface area contributed by atoms with Gasteiger partial charge in [0.1, 0.15) is 0 Å². The predicted molar refractivity (Wildman–Crippen MR) is 68.5 cm³/mol. The zero-order chi connectivity index (χ0) is 11.9. The first-order chi connectivity index (χ1) is 7.49. The molecule has 1 aromatic carbocycles. The van der Waals surface area contributed by atoms with Gasteiger partial charge in [-0.15, -0.1) is 0 Å². The maximum Gasteiger partial charge on any atom is 0.201 e. The molecular formula is C13H19N3. The molecule has 2 rings (SSSR count). The van der Waals surface area contributed by atoms with Crippen molar-refractivity contribution in [1.29, 1.82) is 0 Å². The monoisotopic (exact) mass is 217 g/mol. The van der Waals surface area contributed by atoms with E-state index < -0.39 is 0 Å². The third-order valence-electron chi connectivity index (χ3n) is 2.77. The van der Waals surface area contributed by atoms with Crippen LogP contribution in [0.1, 0.15) is 25.0 Å². The van der Waals surface area contributed by atoms with Gasteiger partial charge in [-0.1, -0.05) is 19.9 Å². The molecule has 1 heterocycles. The highest BCUT2D eigenvalue weighted by molar-refractivity contribution is 5.82. The van der Waals surface area contributed by atoms with E-state index in [0.717, 1.165) is 17.6 Å². The maximum absolute atomic E-state index is 5.97. The molecule has 16 heavy (non-hydrogen) atoms. The van der Waals surface area contributed by atoms with Crippen molar-refractivity contribution in [3.05, 3.63) is 23.3 Å². The van der Waals surface area contributed by atoms with Gasteiger partial charge in [-0.2, -0.15) is 0 Å². The number of benzene rings is 1. The second-order valence-electron chi connectivity index (χ2n) is 4.92. The zero-order valence-corrected chi connectivity index (χ0v) is 10.4. The fraction of sp³-hybridized carbons (Fsp3) is 0.462. The molecule has 0 spiro atoms. The third-order valence-corrected chi connectivity index (χ3v) is 2.77. The molecule has 0 aliphatic carbocycles. The van der Waals surface area contributed by atoms with Crippen molar-refractivity contribution in [3.8, 4) is 0 Å². The fourth-order valence-electron chi connectivity index (χ4n) is 2.14. The molecule has 2 aromatic rings. The summed E-state index contributed by atoms with van der Waals surface area (Å²) in [5, 5.41) is 0. The number of imidazole rings is 1. The van der Waals surface area contributed by atoms with Crippen LogP contribution < -0.4 is 5.73 Å². The number of hydrogen-bond donors (Lipinski definition) is 1. The van der Waals surface area contributed by atoms with Crippen LogP contribution in [0.4, 0.5) is 5.95 Å². The van der Waals surface area contributed by atoms with Crippen LogP contribution in [-0.4, -0.2) is 9.55 Å². The van der Waals surface area contributed by atoms with Gasteiger partial charge >= 0.3 is 0 Å². The standard InChI is InChI=1S/C13H19N3/c1-8(2)7-16-11-6-9(3)5-10(4)12(11)15-13(16)14/h5-6,8H,7H2,1-4H3,(H2,14,15).